The molecule has 1 unspecified atom stereocenters. The van der Waals surface area contributed by atoms with Gasteiger partial charge in [0.25, 0.3) is 0 Å². The summed E-state index contributed by atoms with van der Waals surface area (Å²) in [5.74, 6) is 0.769. The molecule has 0 aliphatic heterocycles. The number of aryl methyl sites for hydroxylation is 1. The molecule has 18 heavy (non-hydrogen) atoms. The van der Waals surface area contributed by atoms with E-state index < -0.39 is 0 Å². The van der Waals surface area contributed by atoms with E-state index in [0.717, 1.165) is 25.4 Å². The molecule has 1 N–H and O–H groups in total. The number of nitrogens with one attached hydrogen (secondary N) is 1. The fourth-order valence-corrected chi connectivity index (χ4v) is 3.00. The van der Waals surface area contributed by atoms with Crippen LogP contribution in [0.1, 0.15) is 64.1 Å². The Labute approximate surface area is 110 Å². The van der Waals surface area contributed by atoms with Crippen molar-refractivity contribution in [3.63, 3.8) is 0 Å². The molecule has 1 aliphatic rings. The summed E-state index contributed by atoms with van der Waals surface area (Å²) in [4.78, 5) is 0. The summed E-state index contributed by atoms with van der Waals surface area (Å²) < 4.78 is 2.09. The fraction of sp³-hybridized carbons (Fsp3) is 0.857. The van der Waals surface area contributed by atoms with Gasteiger partial charge >= 0.3 is 0 Å². The lowest BCUT2D eigenvalue weighted by Gasteiger charge is -2.25. The number of hydrogen-bond acceptors (Lipinski definition) is 3. The Kier molecular flexibility index (Phi) is 5.17. The molecule has 4 nitrogen and oxygen atoms in total. The summed E-state index contributed by atoms with van der Waals surface area (Å²) in [6.45, 7) is 6.47. The maximum absolute atomic E-state index is 4.23. The molecule has 0 spiro atoms. The molecule has 1 fully saturated rings. The molecule has 0 amide bonds. The van der Waals surface area contributed by atoms with Gasteiger partial charge in [-0.2, -0.15) is 0 Å². The van der Waals surface area contributed by atoms with Crippen molar-refractivity contribution in [2.45, 2.75) is 65.0 Å². The molecule has 1 heterocycles. The molecule has 0 saturated heterocycles. The highest BCUT2D eigenvalue weighted by atomic mass is 15.4. The third kappa shape index (κ3) is 3.10. The van der Waals surface area contributed by atoms with E-state index in [9.17, 15) is 0 Å². The molecule has 2 rings (SSSR count). The Hall–Kier alpha value is -0.900. The van der Waals surface area contributed by atoms with Gasteiger partial charge in [0.05, 0.1) is 17.9 Å². The van der Waals surface area contributed by atoms with E-state index >= 15 is 0 Å². The van der Waals surface area contributed by atoms with Crippen molar-refractivity contribution in [1.29, 1.82) is 0 Å². The van der Waals surface area contributed by atoms with E-state index in [2.05, 4.69) is 34.2 Å². The minimum atomic E-state index is 0.453. The van der Waals surface area contributed by atoms with Crippen LogP contribution in [0.15, 0.2) is 6.20 Å². The Morgan fingerprint density at radius 2 is 2.11 bits per heavy atom. The molecule has 0 bridgehead atoms. The van der Waals surface area contributed by atoms with Crippen LogP contribution in [0.2, 0.25) is 0 Å². The van der Waals surface area contributed by atoms with Gasteiger partial charge < -0.3 is 5.32 Å². The summed E-state index contributed by atoms with van der Waals surface area (Å²) >= 11 is 0. The largest absolute Gasteiger partial charge is 0.308 e. The first-order valence-electron chi connectivity index (χ1n) is 7.48. The van der Waals surface area contributed by atoms with E-state index in [-0.39, 0.29) is 0 Å². The van der Waals surface area contributed by atoms with E-state index in [4.69, 9.17) is 0 Å². The second-order valence-electron chi connectivity index (χ2n) is 5.36. The SMILES string of the molecule is CCCNC(c1cnnn1CCC)C1CCCC1. The number of aromatic nitrogens is 3. The monoisotopic (exact) mass is 250 g/mol. The van der Waals surface area contributed by atoms with Crippen molar-refractivity contribution in [3.05, 3.63) is 11.9 Å². The van der Waals surface area contributed by atoms with Crippen LogP contribution < -0.4 is 5.32 Å². The van der Waals surface area contributed by atoms with Crippen molar-refractivity contribution in [2.24, 2.45) is 5.92 Å². The summed E-state index contributed by atoms with van der Waals surface area (Å²) in [6.07, 6.45) is 9.70. The molecule has 4 heteroatoms. The number of hydrogen-bond donors (Lipinski definition) is 1. The normalized spacial score (nSPS) is 18.3. The predicted octanol–water partition coefficient (Wildman–Crippen LogP) is 2.92. The standard InChI is InChI=1S/C14H26N4/c1-3-9-15-14(12-7-5-6-8-12)13-11-16-17-18(13)10-4-2/h11-12,14-15H,3-10H2,1-2H3. The zero-order chi connectivity index (χ0) is 12.8. The van der Waals surface area contributed by atoms with Gasteiger partial charge in [-0.05, 0) is 38.1 Å². The highest BCUT2D eigenvalue weighted by Gasteiger charge is 2.28. The summed E-state index contributed by atoms with van der Waals surface area (Å²) in [7, 11) is 0. The Morgan fingerprint density at radius 3 is 2.78 bits per heavy atom. The van der Waals surface area contributed by atoms with Crippen LogP contribution in [-0.2, 0) is 6.54 Å². The molecule has 1 aromatic rings. The number of nitrogens with zero attached hydrogens (tertiary/aromatic N) is 3. The maximum atomic E-state index is 4.23. The zero-order valence-electron chi connectivity index (χ0n) is 11.7. The van der Waals surface area contributed by atoms with E-state index in [1.807, 2.05) is 6.20 Å². The van der Waals surface area contributed by atoms with Crippen LogP contribution in [0, 0.1) is 5.92 Å². The van der Waals surface area contributed by atoms with Gasteiger partial charge in [-0.3, -0.25) is 0 Å². The van der Waals surface area contributed by atoms with Crippen LogP contribution in [0.25, 0.3) is 0 Å². The molecule has 0 aromatic carbocycles. The summed E-state index contributed by atoms with van der Waals surface area (Å²) in [5, 5.41) is 12.1. The molecule has 102 valence electrons. The minimum absolute atomic E-state index is 0.453. The first kappa shape index (κ1) is 13.5. The van der Waals surface area contributed by atoms with Crippen LogP contribution in [0.4, 0.5) is 0 Å². The van der Waals surface area contributed by atoms with E-state index in [1.165, 1.54) is 37.8 Å². The lowest BCUT2D eigenvalue weighted by molar-refractivity contribution is 0.344. The van der Waals surface area contributed by atoms with Crippen molar-refractivity contribution in [1.82, 2.24) is 20.3 Å². The van der Waals surface area contributed by atoms with Gasteiger partial charge in [-0.15, -0.1) is 5.10 Å². The molecule has 1 aromatic heterocycles. The van der Waals surface area contributed by atoms with Crippen LogP contribution in [0.5, 0.6) is 0 Å². The molecule has 1 atom stereocenters. The summed E-state index contributed by atoms with van der Waals surface area (Å²) in [6, 6.07) is 0.453. The van der Waals surface area contributed by atoms with Crippen molar-refractivity contribution in [3.8, 4) is 0 Å². The van der Waals surface area contributed by atoms with Crippen LogP contribution >= 0.6 is 0 Å². The Balaban J connectivity index is 2.12. The average molecular weight is 250 g/mol. The third-order valence-electron chi connectivity index (χ3n) is 3.89. The van der Waals surface area contributed by atoms with Gasteiger partial charge in [-0.1, -0.05) is 31.9 Å². The predicted molar refractivity (Wildman–Crippen MR) is 73.3 cm³/mol. The van der Waals surface area contributed by atoms with Gasteiger partial charge in [0.2, 0.25) is 0 Å². The lowest BCUT2D eigenvalue weighted by atomic mass is 9.95. The van der Waals surface area contributed by atoms with Gasteiger partial charge in [0, 0.05) is 6.54 Å². The summed E-state index contributed by atoms with van der Waals surface area (Å²) in [5.41, 5.74) is 1.29. The average Bonchev–Trinajstić information content (AvgIpc) is 3.02. The van der Waals surface area contributed by atoms with Crippen LogP contribution in [0.3, 0.4) is 0 Å². The molecule has 1 saturated carbocycles. The van der Waals surface area contributed by atoms with Gasteiger partial charge in [0.15, 0.2) is 0 Å². The van der Waals surface area contributed by atoms with E-state index in [0.29, 0.717) is 6.04 Å². The van der Waals surface area contributed by atoms with Crippen LogP contribution in [-0.4, -0.2) is 21.5 Å². The maximum Gasteiger partial charge on any atom is 0.0759 e. The second-order valence-corrected chi connectivity index (χ2v) is 5.36. The topological polar surface area (TPSA) is 42.7 Å². The Morgan fingerprint density at radius 1 is 1.33 bits per heavy atom. The Bertz CT molecular complexity index is 341. The second kappa shape index (κ2) is 6.88. The van der Waals surface area contributed by atoms with E-state index in [1.54, 1.807) is 0 Å². The fourth-order valence-electron chi connectivity index (χ4n) is 3.00. The first-order valence-corrected chi connectivity index (χ1v) is 7.48. The van der Waals surface area contributed by atoms with Gasteiger partial charge in [0.1, 0.15) is 0 Å². The van der Waals surface area contributed by atoms with Crippen molar-refractivity contribution >= 4 is 0 Å². The molecule has 0 radical (unpaired) electrons. The smallest absolute Gasteiger partial charge is 0.0759 e. The lowest BCUT2D eigenvalue weighted by Crippen LogP contribution is -2.30. The quantitative estimate of drug-likeness (QED) is 0.809. The zero-order valence-corrected chi connectivity index (χ0v) is 11.7. The highest BCUT2D eigenvalue weighted by Crippen LogP contribution is 2.35. The van der Waals surface area contributed by atoms with Crippen molar-refractivity contribution < 1.29 is 0 Å². The highest BCUT2D eigenvalue weighted by molar-refractivity contribution is 5.05. The molecular weight excluding hydrogens is 224 g/mol. The van der Waals surface area contributed by atoms with Gasteiger partial charge in [-0.25, -0.2) is 4.68 Å². The third-order valence-corrected chi connectivity index (χ3v) is 3.89. The first-order chi connectivity index (χ1) is 8.86. The van der Waals surface area contributed by atoms with Crippen molar-refractivity contribution in [2.75, 3.05) is 6.54 Å². The number of rotatable bonds is 7. The molecule has 1 aliphatic carbocycles. The minimum Gasteiger partial charge on any atom is -0.308 e. The molecular formula is C14H26N4.